The van der Waals surface area contributed by atoms with Crippen LogP contribution < -0.4 is 4.74 Å². The van der Waals surface area contributed by atoms with Crippen molar-refractivity contribution in [2.75, 3.05) is 6.61 Å². The Hall–Kier alpha value is -1.81. The topological polar surface area (TPSA) is 44.1 Å². The van der Waals surface area contributed by atoms with Gasteiger partial charge in [-0.15, -0.1) is 0 Å². The van der Waals surface area contributed by atoms with Gasteiger partial charge in [-0.05, 0) is 37.6 Å². The molecule has 21 heavy (non-hydrogen) atoms. The molecule has 1 aromatic carbocycles. The smallest absolute Gasteiger partial charge is 0.168 e. The minimum Gasteiger partial charge on any atom is -0.493 e. The third-order valence-corrected chi connectivity index (χ3v) is 4.28. The maximum Gasteiger partial charge on any atom is 0.168 e. The van der Waals surface area contributed by atoms with Crippen LogP contribution in [0.2, 0.25) is 5.02 Å². The number of rotatable bonds is 4. The lowest BCUT2D eigenvalue weighted by Gasteiger charge is -2.06. The molecule has 0 N–H and O–H groups in total. The summed E-state index contributed by atoms with van der Waals surface area (Å²) in [5.41, 5.74) is 3.37. The van der Waals surface area contributed by atoms with Crippen LogP contribution in [0.5, 0.6) is 5.75 Å². The first kappa shape index (κ1) is 14.1. The Kier molecular flexibility index (Phi) is 3.72. The molecule has 0 saturated heterocycles. The number of ketones is 1. The molecule has 3 rings (SSSR count). The monoisotopic (exact) mass is 304 g/mol. The number of Topliss-reactive ketones (excluding diaryl/α,β-unsaturated/α-hetero) is 1. The first-order chi connectivity index (χ1) is 10.1. The molecule has 0 atom stereocenters. The molecule has 0 fully saturated rings. The molecular formula is C16H17ClN2O2. The second-order valence-corrected chi connectivity index (χ2v) is 5.56. The van der Waals surface area contributed by atoms with Crippen molar-refractivity contribution in [2.45, 2.75) is 33.2 Å². The van der Waals surface area contributed by atoms with Crippen LogP contribution in [-0.4, -0.2) is 22.2 Å². The molecule has 2 aromatic rings. The van der Waals surface area contributed by atoms with Crippen LogP contribution in [0.4, 0.5) is 0 Å². The number of hydrogen-bond acceptors (Lipinski definition) is 3. The van der Waals surface area contributed by atoms with E-state index in [0.717, 1.165) is 29.1 Å². The average molecular weight is 305 g/mol. The van der Waals surface area contributed by atoms with Gasteiger partial charge in [0.2, 0.25) is 0 Å². The highest BCUT2D eigenvalue weighted by atomic mass is 35.5. The molecule has 0 bridgehead atoms. The van der Waals surface area contributed by atoms with Crippen molar-refractivity contribution in [3.8, 4) is 5.75 Å². The van der Waals surface area contributed by atoms with Crippen LogP contribution in [0.15, 0.2) is 18.2 Å². The van der Waals surface area contributed by atoms with Crippen LogP contribution in [0.1, 0.15) is 34.2 Å². The second kappa shape index (κ2) is 5.53. The average Bonchev–Trinajstić information content (AvgIpc) is 3.05. The maximum absolute atomic E-state index is 12.5. The number of fused-ring (bicyclic) bond motifs is 1. The van der Waals surface area contributed by atoms with Crippen molar-refractivity contribution in [3.63, 3.8) is 0 Å². The Morgan fingerprint density at radius 2 is 2.29 bits per heavy atom. The molecule has 1 aromatic heterocycles. The van der Waals surface area contributed by atoms with Crippen molar-refractivity contribution in [2.24, 2.45) is 0 Å². The van der Waals surface area contributed by atoms with Gasteiger partial charge >= 0.3 is 0 Å². The van der Waals surface area contributed by atoms with Gasteiger partial charge in [-0.1, -0.05) is 11.6 Å². The molecule has 1 aliphatic rings. The summed E-state index contributed by atoms with van der Waals surface area (Å²) >= 11 is 6.26. The Bertz CT molecular complexity index is 707. The zero-order valence-electron chi connectivity index (χ0n) is 12.1. The number of benzene rings is 1. The van der Waals surface area contributed by atoms with Crippen molar-refractivity contribution in [3.05, 3.63) is 45.7 Å². The van der Waals surface area contributed by atoms with E-state index in [9.17, 15) is 4.79 Å². The van der Waals surface area contributed by atoms with Gasteiger partial charge in [0.05, 0.1) is 29.4 Å². The fraction of sp³-hybridized carbons (Fsp3) is 0.375. The first-order valence-corrected chi connectivity index (χ1v) is 7.48. The predicted molar refractivity (Wildman–Crippen MR) is 81.3 cm³/mol. The molecule has 0 unspecified atom stereocenters. The summed E-state index contributed by atoms with van der Waals surface area (Å²) in [6, 6.07) is 5.62. The Labute approximate surface area is 128 Å². The number of ether oxygens (including phenoxy) is 1. The van der Waals surface area contributed by atoms with E-state index in [0.29, 0.717) is 23.7 Å². The van der Waals surface area contributed by atoms with Crippen molar-refractivity contribution >= 4 is 17.4 Å². The van der Waals surface area contributed by atoms with Crippen LogP contribution >= 0.6 is 11.6 Å². The summed E-state index contributed by atoms with van der Waals surface area (Å²) < 4.78 is 7.26. The van der Waals surface area contributed by atoms with Gasteiger partial charge in [0, 0.05) is 18.5 Å². The number of hydrogen-bond donors (Lipinski definition) is 0. The molecule has 0 aliphatic carbocycles. The van der Waals surface area contributed by atoms with E-state index in [1.807, 2.05) is 32.0 Å². The maximum atomic E-state index is 12.5. The van der Waals surface area contributed by atoms with Crippen LogP contribution in [0.25, 0.3) is 0 Å². The van der Waals surface area contributed by atoms with E-state index in [2.05, 4.69) is 5.10 Å². The summed E-state index contributed by atoms with van der Waals surface area (Å²) in [5.74, 6) is 0.945. The number of nitrogens with zero attached hydrogens (tertiary/aromatic N) is 2. The fourth-order valence-electron chi connectivity index (χ4n) is 2.65. The number of carbonyl (C=O) groups excluding carboxylic acids is 1. The normalized spacial score (nSPS) is 13.1. The molecule has 110 valence electrons. The highest BCUT2D eigenvalue weighted by Crippen LogP contribution is 2.27. The first-order valence-electron chi connectivity index (χ1n) is 7.11. The lowest BCUT2D eigenvalue weighted by molar-refractivity contribution is 0.0990. The number of carbonyl (C=O) groups is 1. The SMILES string of the molecule is CCn1nc(C)c(Cl)c1CC(=O)c1ccc2c(c1)CCO2. The Morgan fingerprint density at radius 1 is 1.48 bits per heavy atom. The summed E-state index contributed by atoms with van der Waals surface area (Å²) in [4.78, 5) is 12.5. The summed E-state index contributed by atoms with van der Waals surface area (Å²) in [6.07, 6.45) is 1.14. The molecule has 0 amide bonds. The Morgan fingerprint density at radius 3 is 3.05 bits per heavy atom. The standard InChI is InChI=1S/C16H17ClN2O2/c1-3-19-13(16(17)10(2)18-19)9-14(20)11-4-5-15-12(8-11)6-7-21-15/h4-5,8H,3,6-7,9H2,1-2H3. The van der Waals surface area contributed by atoms with E-state index in [1.165, 1.54) is 0 Å². The quantitative estimate of drug-likeness (QED) is 0.815. The van der Waals surface area contributed by atoms with Crippen LogP contribution in [-0.2, 0) is 19.4 Å². The van der Waals surface area contributed by atoms with E-state index >= 15 is 0 Å². The minimum atomic E-state index is 0.0567. The zero-order valence-corrected chi connectivity index (χ0v) is 12.9. The predicted octanol–water partition coefficient (Wildman–Crippen LogP) is 3.23. The molecule has 1 aliphatic heterocycles. The Balaban J connectivity index is 1.87. The van der Waals surface area contributed by atoms with Crippen LogP contribution in [0.3, 0.4) is 0 Å². The molecule has 4 nitrogen and oxygen atoms in total. The minimum absolute atomic E-state index is 0.0567. The summed E-state index contributed by atoms with van der Waals surface area (Å²) in [7, 11) is 0. The second-order valence-electron chi connectivity index (χ2n) is 5.18. The molecule has 5 heteroatoms. The lowest BCUT2D eigenvalue weighted by Crippen LogP contribution is -2.10. The van der Waals surface area contributed by atoms with E-state index < -0.39 is 0 Å². The van der Waals surface area contributed by atoms with Crippen molar-refractivity contribution in [1.29, 1.82) is 0 Å². The van der Waals surface area contributed by atoms with Crippen molar-refractivity contribution in [1.82, 2.24) is 9.78 Å². The van der Waals surface area contributed by atoms with Gasteiger partial charge in [-0.25, -0.2) is 0 Å². The highest BCUT2D eigenvalue weighted by molar-refractivity contribution is 6.32. The molecule has 0 saturated carbocycles. The van der Waals surface area contributed by atoms with E-state index in [1.54, 1.807) is 4.68 Å². The molecular weight excluding hydrogens is 288 g/mol. The van der Waals surface area contributed by atoms with Crippen molar-refractivity contribution < 1.29 is 9.53 Å². The van der Waals surface area contributed by atoms with Gasteiger partial charge in [0.15, 0.2) is 5.78 Å². The largest absolute Gasteiger partial charge is 0.493 e. The summed E-state index contributed by atoms with van der Waals surface area (Å²) in [6.45, 7) is 5.24. The fourth-order valence-corrected chi connectivity index (χ4v) is 2.85. The van der Waals surface area contributed by atoms with E-state index in [-0.39, 0.29) is 12.2 Å². The van der Waals surface area contributed by atoms with Gasteiger partial charge in [-0.2, -0.15) is 5.10 Å². The molecule has 0 spiro atoms. The summed E-state index contributed by atoms with van der Waals surface area (Å²) in [5, 5.41) is 4.94. The zero-order chi connectivity index (χ0) is 15.0. The van der Waals surface area contributed by atoms with Gasteiger partial charge in [-0.3, -0.25) is 9.48 Å². The lowest BCUT2D eigenvalue weighted by atomic mass is 10.0. The number of aromatic nitrogens is 2. The van der Waals surface area contributed by atoms with E-state index in [4.69, 9.17) is 16.3 Å². The third-order valence-electron chi connectivity index (χ3n) is 3.79. The van der Waals surface area contributed by atoms with Gasteiger partial charge < -0.3 is 4.74 Å². The molecule has 2 heterocycles. The third kappa shape index (κ3) is 2.56. The number of halogens is 1. The highest BCUT2D eigenvalue weighted by Gasteiger charge is 2.19. The number of aryl methyl sites for hydroxylation is 2. The molecule has 0 radical (unpaired) electrons. The van der Waals surface area contributed by atoms with Gasteiger partial charge in [0.1, 0.15) is 5.75 Å². The van der Waals surface area contributed by atoms with Gasteiger partial charge in [0.25, 0.3) is 0 Å². The van der Waals surface area contributed by atoms with Crippen LogP contribution in [0, 0.1) is 6.92 Å².